The number of anilines is 1. The van der Waals surface area contributed by atoms with Gasteiger partial charge in [0, 0.05) is 25.4 Å². The van der Waals surface area contributed by atoms with Gasteiger partial charge in [0.2, 0.25) is 0 Å². The van der Waals surface area contributed by atoms with Gasteiger partial charge in [-0.2, -0.15) is 0 Å². The normalized spacial score (nSPS) is 11.9. The first kappa shape index (κ1) is 15.4. The number of rotatable bonds is 8. The van der Waals surface area contributed by atoms with E-state index >= 15 is 0 Å². The third kappa shape index (κ3) is 5.26. The molecule has 106 valence electrons. The van der Waals surface area contributed by atoms with Crippen LogP contribution in [0.1, 0.15) is 37.6 Å². The molecule has 5 heteroatoms. The SMILES string of the molecule is CCCNc1ncccc1C(=O)NC(C)COCC. The van der Waals surface area contributed by atoms with E-state index < -0.39 is 0 Å². The third-order valence-corrected chi connectivity index (χ3v) is 2.54. The lowest BCUT2D eigenvalue weighted by molar-refractivity contribution is 0.0872. The van der Waals surface area contributed by atoms with Crippen LogP contribution in [0.25, 0.3) is 0 Å². The second-order valence-electron chi connectivity index (χ2n) is 4.36. The van der Waals surface area contributed by atoms with Gasteiger partial charge in [-0.15, -0.1) is 0 Å². The van der Waals surface area contributed by atoms with E-state index in [0.29, 0.717) is 24.6 Å². The van der Waals surface area contributed by atoms with Gasteiger partial charge in [0.15, 0.2) is 0 Å². The van der Waals surface area contributed by atoms with Crippen LogP contribution >= 0.6 is 0 Å². The molecule has 0 aliphatic carbocycles. The van der Waals surface area contributed by atoms with Gasteiger partial charge >= 0.3 is 0 Å². The van der Waals surface area contributed by atoms with Crippen LogP contribution in [0.4, 0.5) is 5.82 Å². The molecular formula is C14H23N3O2. The molecule has 1 rings (SSSR count). The van der Waals surface area contributed by atoms with Crippen molar-refractivity contribution in [2.75, 3.05) is 25.1 Å². The molecule has 2 N–H and O–H groups in total. The van der Waals surface area contributed by atoms with E-state index in [4.69, 9.17) is 4.74 Å². The minimum Gasteiger partial charge on any atom is -0.380 e. The van der Waals surface area contributed by atoms with Gasteiger partial charge in [0.25, 0.3) is 5.91 Å². The van der Waals surface area contributed by atoms with Gasteiger partial charge in [-0.3, -0.25) is 4.79 Å². The fourth-order valence-corrected chi connectivity index (χ4v) is 1.61. The Labute approximate surface area is 114 Å². The third-order valence-electron chi connectivity index (χ3n) is 2.54. The van der Waals surface area contributed by atoms with Crippen molar-refractivity contribution >= 4 is 11.7 Å². The summed E-state index contributed by atoms with van der Waals surface area (Å²) in [4.78, 5) is 16.4. The molecule has 0 saturated heterocycles. The van der Waals surface area contributed by atoms with Gasteiger partial charge in [-0.25, -0.2) is 4.98 Å². The van der Waals surface area contributed by atoms with Crippen molar-refractivity contribution in [2.45, 2.75) is 33.2 Å². The molecule has 1 aromatic rings. The van der Waals surface area contributed by atoms with Crippen LogP contribution in [0, 0.1) is 0 Å². The molecule has 19 heavy (non-hydrogen) atoms. The Balaban J connectivity index is 2.65. The number of ether oxygens (including phenoxy) is 1. The number of nitrogens with one attached hydrogen (secondary N) is 2. The summed E-state index contributed by atoms with van der Waals surface area (Å²) in [7, 11) is 0. The van der Waals surface area contributed by atoms with Crippen LogP contribution in [-0.4, -0.2) is 36.7 Å². The van der Waals surface area contributed by atoms with Gasteiger partial charge in [0.1, 0.15) is 5.82 Å². The largest absolute Gasteiger partial charge is 0.380 e. The van der Waals surface area contributed by atoms with Crippen molar-refractivity contribution in [3.63, 3.8) is 0 Å². The Morgan fingerprint density at radius 3 is 2.95 bits per heavy atom. The molecule has 0 aromatic carbocycles. The molecule has 1 amide bonds. The zero-order valence-electron chi connectivity index (χ0n) is 11.9. The highest BCUT2D eigenvalue weighted by Gasteiger charge is 2.14. The van der Waals surface area contributed by atoms with Crippen LogP contribution in [0.5, 0.6) is 0 Å². The quantitative estimate of drug-likeness (QED) is 0.755. The summed E-state index contributed by atoms with van der Waals surface area (Å²) in [6.07, 6.45) is 2.66. The molecule has 0 spiro atoms. The van der Waals surface area contributed by atoms with Gasteiger partial charge in [-0.05, 0) is 32.4 Å². The second kappa shape index (κ2) is 8.48. The average molecular weight is 265 g/mol. The summed E-state index contributed by atoms with van der Waals surface area (Å²) in [5.74, 6) is 0.504. The Hall–Kier alpha value is -1.62. The van der Waals surface area contributed by atoms with E-state index in [0.717, 1.165) is 13.0 Å². The second-order valence-corrected chi connectivity index (χ2v) is 4.36. The smallest absolute Gasteiger partial charge is 0.255 e. The molecule has 0 radical (unpaired) electrons. The minimum atomic E-state index is -0.126. The average Bonchev–Trinajstić information content (AvgIpc) is 2.43. The lowest BCUT2D eigenvalue weighted by Gasteiger charge is -2.15. The number of aromatic nitrogens is 1. The van der Waals surface area contributed by atoms with Crippen molar-refractivity contribution in [1.82, 2.24) is 10.3 Å². The molecule has 0 bridgehead atoms. The zero-order chi connectivity index (χ0) is 14.1. The van der Waals surface area contributed by atoms with Crippen LogP contribution in [0.3, 0.4) is 0 Å². The maximum absolute atomic E-state index is 12.2. The standard InChI is InChI=1S/C14H23N3O2/c1-4-8-15-13-12(7-6-9-16-13)14(18)17-11(3)10-19-5-2/h6-7,9,11H,4-5,8,10H2,1-3H3,(H,15,16)(H,17,18). The summed E-state index contributed by atoms with van der Waals surface area (Å²) in [6.45, 7) is 7.88. The minimum absolute atomic E-state index is 0.0216. The monoisotopic (exact) mass is 265 g/mol. The highest BCUT2D eigenvalue weighted by molar-refractivity contribution is 5.98. The van der Waals surface area contributed by atoms with Crippen LogP contribution in [-0.2, 0) is 4.74 Å². The van der Waals surface area contributed by atoms with Crippen LogP contribution in [0.2, 0.25) is 0 Å². The number of hydrogen-bond acceptors (Lipinski definition) is 4. The van der Waals surface area contributed by atoms with Crippen molar-refractivity contribution in [3.8, 4) is 0 Å². The summed E-state index contributed by atoms with van der Waals surface area (Å²) in [6, 6.07) is 3.51. The number of amides is 1. The summed E-state index contributed by atoms with van der Waals surface area (Å²) < 4.78 is 5.28. The highest BCUT2D eigenvalue weighted by Crippen LogP contribution is 2.11. The molecule has 5 nitrogen and oxygen atoms in total. The van der Waals surface area contributed by atoms with Gasteiger partial charge < -0.3 is 15.4 Å². The van der Waals surface area contributed by atoms with E-state index in [1.807, 2.05) is 13.8 Å². The Bertz CT molecular complexity index is 396. The predicted molar refractivity (Wildman–Crippen MR) is 76.4 cm³/mol. The predicted octanol–water partition coefficient (Wildman–Crippen LogP) is 2.06. The molecule has 1 aromatic heterocycles. The lowest BCUT2D eigenvalue weighted by Crippen LogP contribution is -2.36. The van der Waals surface area contributed by atoms with E-state index in [2.05, 4.69) is 22.5 Å². The number of hydrogen-bond donors (Lipinski definition) is 2. The molecule has 0 aliphatic rings. The number of carbonyl (C=O) groups is 1. The Morgan fingerprint density at radius 2 is 2.26 bits per heavy atom. The molecular weight excluding hydrogens is 242 g/mol. The first-order valence-corrected chi connectivity index (χ1v) is 6.76. The van der Waals surface area contributed by atoms with Gasteiger partial charge in [0.05, 0.1) is 12.2 Å². The van der Waals surface area contributed by atoms with Crippen molar-refractivity contribution in [2.24, 2.45) is 0 Å². The summed E-state index contributed by atoms with van der Waals surface area (Å²) in [5.41, 5.74) is 0.569. The fourth-order valence-electron chi connectivity index (χ4n) is 1.61. The van der Waals surface area contributed by atoms with Crippen molar-refractivity contribution < 1.29 is 9.53 Å². The lowest BCUT2D eigenvalue weighted by atomic mass is 10.2. The van der Waals surface area contributed by atoms with E-state index in [1.54, 1.807) is 18.3 Å². The maximum atomic E-state index is 12.2. The number of pyridine rings is 1. The zero-order valence-corrected chi connectivity index (χ0v) is 11.9. The molecule has 0 saturated carbocycles. The Morgan fingerprint density at radius 1 is 1.47 bits per heavy atom. The molecule has 1 heterocycles. The molecule has 1 unspecified atom stereocenters. The van der Waals surface area contributed by atoms with E-state index in [9.17, 15) is 4.79 Å². The van der Waals surface area contributed by atoms with Gasteiger partial charge in [-0.1, -0.05) is 6.92 Å². The summed E-state index contributed by atoms with van der Waals surface area (Å²) >= 11 is 0. The fraction of sp³-hybridized carbons (Fsp3) is 0.571. The number of carbonyl (C=O) groups excluding carboxylic acids is 1. The summed E-state index contributed by atoms with van der Waals surface area (Å²) in [5, 5.41) is 6.06. The van der Waals surface area contributed by atoms with Crippen LogP contribution in [0.15, 0.2) is 18.3 Å². The van der Waals surface area contributed by atoms with E-state index in [1.165, 1.54) is 0 Å². The maximum Gasteiger partial charge on any atom is 0.255 e. The van der Waals surface area contributed by atoms with Crippen molar-refractivity contribution in [3.05, 3.63) is 23.9 Å². The molecule has 1 atom stereocenters. The van der Waals surface area contributed by atoms with Crippen LogP contribution < -0.4 is 10.6 Å². The first-order valence-electron chi connectivity index (χ1n) is 6.76. The van der Waals surface area contributed by atoms with Crippen molar-refractivity contribution in [1.29, 1.82) is 0 Å². The van der Waals surface area contributed by atoms with E-state index in [-0.39, 0.29) is 11.9 Å². The topological polar surface area (TPSA) is 63.2 Å². The molecule has 0 aliphatic heterocycles. The Kier molecular flexibility index (Phi) is 6.89. The highest BCUT2D eigenvalue weighted by atomic mass is 16.5. The first-order chi connectivity index (χ1) is 9.19. The number of nitrogens with zero attached hydrogens (tertiary/aromatic N) is 1. The molecule has 0 fully saturated rings.